The third kappa shape index (κ3) is 4.29. The first-order valence-electron chi connectivity index (χ1n) is 8.26. The summed E-state index contributed by atoms with van der Waals surface area (Å²) in [6.45, 7) is 2.94. The van der Waals surface area contributed by atoms with E-state index in [-0.39, 0.29) is 11.8 Å². The molecule has 0 saturated carbocycles. The minimum Gasteiger partial charge on any atom is -0.486 e. The van der Waals surface area contributed by atoms with Crippen LogP contribution < -0.4 is 20.1 Å². The van der Waals surface area contributed by atoms with Crippen LogP contribution in [0, 0.1) is 0 Å². The molecule has 1 aliphatic rings. The van der Waals surface area contributed by atoms with E-state index in [1.165, 1.54) is 0 Å². The minimum absolute atomic E-state index is 0.0180. The fourth-order valence-corrected chi connectivity index (χ4v) is 2.48. The molecule has 0 aromatic heterocycles. The van der Waals surface area contributed by atoms with Crippen molar-refractivity contribution >= 4 is 23.2 Å². The molecule has 0 fully saturated rings. The van der Waals surface area contributed by atoms with Crippen LogP contribution in [-0.2, 0) is 4.79 Å². The number of anilines is 2. The normalized spacial score (nSPS) is 12.4. The van der Waals surface area contributed by atoms with E-state index in [4.69, 9.17) is 9.47 Å². The van der Waals surface area contributed by atoms with E-state index < -0.39 is 0 Å². The molecule has 2 aromatic carbocycles. The maximum Gasteiger partial charge on any atom is 0.255 e. The van der Waals surface area contributed by atoms with Gasteiger partial charge in [-0.2, -0.15) is 0 Å². The predicted octanol–water partition coefficient (Wildman–Crippen LogP) is 3.45. The largest absolute Gasteiger partial charge is 0.486 e. The summed E-state index contributed by atoms with van der Waals surface area (Å²) in [5.41, 5.74) is 1.84. The standard InChI is InChI=1S/C19H20N2O4/c1-2-3-18(22)20-14-5-7-15(8-6-14)21-19(23)13-4-9-16-17(12-13)25-11-10-24-16/h4-9,12H,2-3,10-11H2,1H3,(H,20,22)(H,21,23). The molecule has 0 spiro atoms. The summed E-state index contributed by atoms with van der Waals surface area (Å²) >= 11 is 0. The quantitative estimate of drug-likeness (QED) is 0.874. The number of hydrogen-bond donors (Lipinski definition) is 2. The van der Waals surface area contributed by atoms with Crippen LogP contribution in [0.3, 0.4) is 0 Å². The number of hydrogen-bond acceptors (Lipinski definition) is 4. The number of fused-ring (bicyclic) bond motifs is 1. The first-order chi connectivity index (χ1) is 12.2. The molecule has 3 rings (SSSR count). The van der Waals surface area contributed by atoms with Gasteiger partial charge in [0.2, 0.25) is 5.91 Å². The van der Waals surface area contributed by atoms with Crippen LogP contribution in [0.15, 0.2) is 42.5 Å². The van der Waals surface area contributed by atoms with Gasteiger partial charge in [-0.3, -0.25) is 9.59 Å². The zero-order valence-electron chi connectivity index (χ0n) is 14.0. The molecule has 0 radical (unpaired) electrons. The molecule has 0 unspecified atom stereocenters. The first-order valence-corrected chi connectivity index (χ1v) is 8.26. The van der Waals surface area contributed by atoms with E-state index in [1.54, 1.807) is 42.5 Å². The van der Waals surface area contributed by atoms with Crippen molar-refractivity contribution < 1.29 is 19.1 Å². The lowest BCUT2D eigenvalue weighted by Crippen LogP contribution is -2.17. The summed E-state index contributed by atoms with van der Waals surface area (Å²) in [6.07, 6.45) is 1.29. The highest BCUT2D eigenvalue weighted by Gasteiger charge is 2.15. The number of nitrogens with one attached hydrogen (secondary N) is 2. The number of ether oxygens (including phenoxy) is 2. The first kappa shape index (κ1) is 16.8. The van der Waals surface area contributed by atoms with Gasteiger partial charge in [0, 0.05) is 23.4 Å². The third-order valence-corrected chi connectivity index (χ3v) is 3.71. The number of rotatable bonds is 5. The van der Waals surface area contributed by atoms with Gasteiger partial charge in [0.25, 0.3) is 5.91 Å². The Labute approximate surface area is 146 Å². The Hall–Kier alpha value is -3.02. The van der Waals surface area contributed by atoms with E-state index in [0.29, 0.717) is 48.1 Å². The van der Waals surface area contributed by atoms with Crippen molar-refractivity contribution in [2.45, 2.75) is 19.8 Å². The van der Waals surface area contributed by atoms with E-state index in [1.807, 2.05) is 6.92 Å². The van der Waals surface area contributed by atoms with Gasteiger partial charge >= 0.3 is 0 Å². The average molecular weight is 340 g/mol. The van der Waals surface area contributed by atoms with Crippen molar-refractivity contribution in [1.29, 1.82) is 0 Å². The van der Waals surface area contributed by atoms with Gasteiger partial charge in [0.15, 0.2) is 11.5 Å². The van der Waals surface area contributed by atoms with Crippen LogP contribution in [0.2, 0.25) is 0 Å². The van der Waals surface area contributed by atoms with Gasteiger partial charge < -0.3 is 20.1 Å². The zero-order valence-corrected chi connectivity index (χ0v) is 14.0. The lowest BCUT2D eigenvalue weighted by Gasteiger charge is -2.18. The van der Waals surface area contributed by atoms with Gasteiger partial charge in [-0.1, -0.05) is 6.92 Å². The molecule has 0 bridgehead atoms. The summed E-state index contributed by atoms with van der Waals surface area (Å²) in [4.78, 5) is 23.9. The highest BCUT2D eigenvalue weighted by molar-refractivity contribution is 6.04. The lowest BCUT2D eigenvalue weighted by atomic mass is 10.1. The van der Waals surface area contributed by atoms with Gasteiger partial charge in [-0.15, -0.1) is 0 Å². The number of carbonyl (C=O) groups is 2. The number of carbonyl (C=O) groups excluding carboxylic acids is 2. The Bertz CT molecular complexity index is 771. The molecule has 1 aliphatic heterocycles. The van der Waals surface area contributed by atoms with Gasteiger partial charge in [-0.05, 0) is 48.9 Å². The Balaban J connectivity index is 1.64. The smallest absolute Gasteiger partial charge is 0.255 e. The minimum atomic E-state index is -0.236. The van der Waals surface area contributed by atoms with Crippen LogP contribution in [-0.4, -0.2) is 25.0 Å². The van der Waals surface area contributed by atoms with Crippen molar-refractivity contribution in [1.82, 2.24) is 0 Å². The predicted molar refractivity (Wildman–Crippen MR) is 95.4 cm³/mol. The van der Waals surface area contributed by atoms with Crippen LogP contribution in [0.1, 0.15) is 30.1 Å². The molecule has 0 atom stereocenters. The molecule has 130 valence electrons. The summed E-state index contributed by atoms with van der Waals surface area (Å²) in [7, 11) is 0. The Kier molecular flexibility index (Phi) is 5.18. The maximum atomic E-state index is 12.4. The van der Waals surface area contributed by atoms with E-state index in [0.717, 1.165) is 6.42 Å². The number of amides is 2. The van der Waals surface area contributed by atoms with Gasteiger partial charge in [0.1, 0.15) is 13.2 Å². The Morgan fingerprint density at radius 3 is 2.24 bits per heavy atom. The van der Waals surface area contributed by atoms with Crippen LogP contribution >= 0.6 is 0 Å². The van der Waals surface area contributed by atoms with Crippen LogP contribution in [0.4, 0.5) is 11.4 Å². The second-order valence-electron chi connectivity index (χ2n) is 5.69. The molecular formula is C19H20N2O4. The maximum absolute atomic E-state index is 12.4. The second-order valence-corrected chi connectivity index (χ2v) is 5.69. The summed E-state index contributed by atoms with van der Waals surface area (Å²) in [6, 6.07) is 12.1. The molecule has 2 N–H and O–H groups in total. The van der Waals surface area contributed by atoms with Crippen molar-refractivity contribution in [3.63, 3.8) is 0 Å². The second kappa shape index (κ2) is 7.70. The summed E-state index contributed by atoms with van der Waals surface area (Å²) in [5.74, 6) is 0.971. The molecule has 25 heavy (non-hydrogen) atoms. The molecule has 0 aliphatic carbocycles. The molecule has 0 saturated heterocycles. The van der Waals surface area contributed by atoms with E-state index >= 15 is 0 Å². The Morgan fingerprint density at radius 2 is 1.56 bits per heavy atom. The number of benzene rings is 2. The topological polar surface area (TPSA) is 76.7 Å². The lowest BCUT2D eigenvalue weighted by molar-refractivity contribution is -0.116. The van der Waals surface area contributed by atoms with Gasteiger partial charge in [0.05, 0.1) is 0 Å². The highest BCUT2D eigenvalue weighted by Crippen LogP contribution is 2.31. The Morgan fingerprint density at radius 1 is 0.920 bits per heavy atom. The van der Waals surface area contributed by atoms with E-state index in [2.05, 4.69) is 10.6 Å². The molecule has 1 heterocycles. The summed E-state index contributed by atoms with van der Waals surface area (Å²) < 4.78 is 10.9. The molecule has 2 amide bonds. The highest BCUT2D eigenvalue weighted by atomic mass is 16.6. The van der Waals surface area contributed by atoms with Crippen LogP contribution in [0.5, 0.6) is 11.5 Å². The molecule has 6 heteroatoms. The van der Waals surface area contributed by atoms with Crippen molar-refractivity contribution in [2.24, 2.45) is 0 Å². The molecule has 2 aromatic rings. The average Bonchev–Trinajstić information content (AvgIpc) is 2.63. The monoisotopic (exact) mass is 340 g/mol. The molecular weight excluding hydrogens is 320 g/mol. The SMILES string of the molecule is CCCC(=O)Nc1ccc(NC(=O)c2ccc3c(c2)OCCO3)cc1. The van der Waals surface area contributed by atoms with E-state index in [9.17, 15) is 9.59 Å². The van der Waals surface area contributed by atoms with Crippen molar-refractivity contribution in [3.05, 3.63) is 48.0 Å². The molecule has 6 nitrogen and oxygen atoms in total. The van der Waals surface area contributed by atoms with Crippen molar-refractivity contribution in [3.8, 4) is 11.5 Å². The summed E-state index contributed by atoms with van der Waals surface area (Å²) in [5, 5.41) is 5.63. The van der Waals surface area contributed by atoms with Crippen LogP contribution in [0.25, 0.3) is 0 Å². The fourth-order valence-electron chi connectivity index (χ4n) is 2.48. The van der Waals surface area contributed by atoms with Crippen molar-refractivity contribution in [2.75, 3.05) is 23.8 Å². The zero-order chi connectivity index (χ0) is 17.6. The van der Waals surface area contributed by atoms with Gasteiger partial charge in [-0.25, -0.2) is 0 Å². The third-order valence-electron chi connectivity index (χ3n) is 3.71. The fraction of sp³-hybridized carbons (Fsp3) is 0.263.